The molecule has 0 fully saturated rings. The molecule has 106 valence electrons. The van der Waals surface area contributed by atoms with Crippen molar-refractivity contribution in [3.8, 4) is 0 Å². The van der Waals surface area contributed by atoms with Crippen LogP contribution in [-0.4, -0.2) is 17.0 Å². The maximum atomic E-state index is 13.5. The van der Waals surface area contributed by atoms with E-state index in [4.69, 9.17) is 0 Å². The van der Waals surface area contributed by atoms with Crippen molar-refractivity contribution in [3.63, 3.8) is 0 Å². The van der Waals surface area contributed by atoms with E-state index in [0.29, 0.717) is 5.75 Å². The number of hydrogen-bond acceptors (Lipinski definition) is 2. The Balaban J connectivity index is 1.96. The van der Waals surface area contributed by atoms with Crippen LogP contribution in [0.1, 0.15) is 11.1 Å². The van der Waals surface area contributed by atoms with Gasteiger partial charge in [-0.2, -0.15) is 0 Å². The Morgan fingerprint density at radius 3 is 2.35 bits per heavy atom. The number of hydrogen-bond donors (Lipinski definition) is 1. The van der Waals surface area contributed by atoms with Gasteiger partial charge in [0.2, 0.25) is 0 Å². The van der Waals surface area contributed by atoms with Crippen LogP contribution in [0.3, 0.4) is 0 Å². The van der Waals surface area contributed by atoms with Gasteiger partial charge in [0.15, 0.2) is 0 Å². The summed E-state index contributed by atoms with van der Waals surface area (Å²) in [5.41, 5.74) is 1.08. The second-order valence-electron chi connectivity index (χ2n) is 4.63. The van der Waals surface area contributed by atoms with E-state index < -0.39 is 17.7 Å². The predicted molar refractivity (Wildman–Crippen MR) is 78.0 cm³/mol. The Morgan fingerprint density at radius 2 is 1.70 bits per heavy atom. The highest BCUT2D eigenvalue weighted by atomic mass is 32.2. The van der Waals surface area contributed by atoms with Crippen molar-refractivity contribution in [1.29, 1.82) is 0 Å². The number of aryl methyl sites for hydroxylation is 1. The van der Waals surface area contributed by atoms with Gasteiger partial charge in [0, 0.05) is 22.6 Å². The fourth-order valence-electron chi connectivity index (χ4n) is 1.93. The van der Waals surface area contributed by atoms with Crippen molar-refractivity contribution in [2.75, 3.05) is 5.75 Å². The normalized spacial score (nSPS) is 12.4. The predicted octanol–water partition coefficient (Wildman–Crippen LogP) is 3.97. The van der Waals surface area contributed by atoms with Gasteiger partial charge in [-0.3, -0.25) is 0 Å². The number of aliphatic hydroxyl groups excluding tert-OH is 1. The van der Waals surface area contributed by atoms with E-state index in [1.54, 1.807) is 0 Å². The highest BCUT2D eigenvalue weighted by Gasteiger charge is 2.14. The summed E-state index contributed by atoms with van der Waals surface area (Å²) in [7, 11) is 0. The molecule has 0 aromatic heterocycles. The minimum Gasteiger partial charge on any atom is -0.392 e. The maximum Gasteiger partial charge on any atom is 0.129 e. The summed E-state index contributed by atoms with van der Waals surface area (Å²) in [6, 6.07) is 11.6. The second kappa shape index (κ2) is 6.86. The number of aliphatic hydroxyl groups is 1. The van der Waals surface area contributed by atoms with Crippen LogP contribution in [-0.2, 0) is 6.42 Å². The lowest BCUT2D eigenvalue weighted by molar-refractivity contribution is 0.197. The first-order valence-electron chi connectivity index (χ1n) is 6.37. The van der Waals surface area contributed by atoms with Crippen LogP contribution in [0.2, 0.25) is 0 Å². The average molecular weight is 294 g/mol. The second-order valence-corrected chi connectivity index (χ2v) is 5.70. The third kappa shape index (κ3) is 3.81. The van der Waals surface area contributed by atoms with Crippen LogP contribution in [0, 0.1) is 18.6 Å². The summed E-state index contributed by atoms with van der Waals surface area (Å²) < 4.78 is 27.0. The lowest BCUT2D eigenvalue weighted by atomic mass is 10.1. The van der Waals surface area contributed by atoms with Gasteiger partial charge in [-0.05, 0) is 30.7 Å². The maximum absolute atomic E-state index is 13.5. The molecule has 0 spiro atoms. The van der Waals surface area contributed by atoms with Crippen molar-refractivity contribution in [2.24, 2.45) is 0 Å². The molecule has 0 heterocycles. The zero-order valence-corrected chi connectivity index (χ0v) is 12.0. The molecule has 4 heteroatoms. The van der Waals surface area contributed by atoms with Gasteiger partial charge >= 0.3 is 0 Å². The van der Waals surface area contributed by atoms with Gasteiger partial charge in [0.25, 0.3) is 0 Å². The SMILES string of the molecule is Cc1ccccc1SCC(O)Cc1c(F)cccc1F. The van der Waals surface area contributed by atoms with E-state index in [2.05, 4.69) is 0 Å². The summed E-state index contributed by atoms with van der Waals surface area (Å²) in [6.07, 6.45) is -0.803. The highest BCUT2D eigenvalue weighted by molar-refractivity contribution is 7.99. The number of benzene rings is 2. The quantitative estimate of drug-likeness (QED) is 0.842. The van der Waals surface area contributed by atoms with Crippen LogP contribution in [0.25, 0.3) is 0 Å². The minimum absolute atomic E-state index is 0.0165. The summed E-state index contributed by atoms with van der Waals surface area (Å²) in [5, 5.41) is 9.95. The first-order chi connectivity index (χ1) is 9.58. The molecule has 0 saturated heterocycles. The van der Waals surface area contributed by atoms with Gasteiger partial charge in [0.1, 0.15) is 11.6 Å². The third-order valence-corrected chi connectivity index (χ3v) is 4.35. The van der Waals surface area contributed by atoms with Gasteiger partial charge < -0.3 is 5.11 Å². The van der Waals surface area contributed by atoms with Crippen LogP contribution in [0.15, 0.2) is 47.4 Å². The molecular weight excluding hydrogens is 278 g/mol. The molecular formula is C16H16F2OS. The number of thioether (sulfide) groups is 1. The number of rotatable bonds is 5. The van der Waals surface area contributed by atoms with Crippen molar-refractivity contribution < 1.29 is 13.9 Å². The first-order valence-corrected chi connectivity index (χ1v) is 7.36. The molecule has 0 aliphatic heterocycles. The molecule has 0 bridgehead atoms. The smallest absolute Gasteiger partial charge is 0.129 e. The fraction of sp³-hybridized carbons (Fsp3) is 0.250. The summed E-state index contributed by atoms with van der Waals surface area (Å²) in [4.78, 5) is 1.07. The molecule has 1 atom stereocenters. The van der Waals surface area contributed by atoms with Gasteiger partial charge in [-0.1, -0.05) is 24.3 Å². The molecule has 1 unspecified atom stereocenters. The molecule has 20 heavy (non-hydrogen) atoms. The molecule has 1 nitrogen and oxygen atoms in total. The Morgan fingerprint density at radius 1 is 1.05 bits per heavy atom. The Hall–Kier alpha value is -1.39. The van der Waals surface area contributed by atoms with Crippen LogP contribution < -0.4 is 0 Å². The molecule has 0 aliphatic rings. The summed E-state index contributed by atoms with van der Waals surface area (Å²) in [6.45, 7) is 1.99. The lowest BCUT2D eigenvalue weighted by Gasteiger charge is -2.12. The minimum atomic E-state index is -0.786. The zero-order valence-electron chi connectivity index (χ0n) is 11.1. The Kier molecular flexibility index (Phi) is 5.15. The molecule has 0 saturated carbocycles. The molecule has 0 radical (unpaired) electrons. The van der Waals surface area contributed by atoms with E-state index in [1.165, 1.54) is 30.0 Å². The standard InChI is InChI=1S/C16H16F2OS/c1-11-5-2-3-8-16(11)20-10-12(19)9-13-14(17)6-4-7-15(13)18/h2-8,12,19H,9-10H2,1H3. The highest BCUT2D eigenvalue weighted by Crippen LogP contribution is 2.24. The molecule has 2 aromatic rings. The fourth-order valence-corrected chi connectivity index (χ4v) is 2.89. The first kappa shape index (κ1) is 15.0. The van der Waals surface area contributed by atoms with Crippen LogP contribution in [0.4, 0.5) is 8.78 Å². The van der Waals surface area contributed by atoms with Gasteiger partial charge in [-0.15, -0.1) is 11.8 Å². The molecule has 2 rings (SSSR count). The topological polar surface area (TPSA) is 20.2 Å². The van der Waals surface area contributed by atoms with E-state index in [0.717, 1.165) is 10.5 Å². The zero-order chi connectivity index (χ0) is 14.5. The summed E-state index contributed by atoms with van der Waals surface area (Å²) in [5.74, 6) is -0.812. The van der Waals surface area contributed by atoms with Crippen molar-refractivity contribution >= 4 is 11.8 Å². The van der Waals surface area contributed by atoms with Crippen LogP contribution >= 0.6 is 11.8 Å². The average Bonchev–Trinajstić information content (AvgIpc) is 2.42. The largest absolute Gasteiger partial charge is 0.392 e. The number of halogens is 2. The van der Waals surface area contributed by atoms with Crippen LogP contribution in [0.5, 0.6) is 0 Å². The Labute approximate surface area is 121 Å². The lowest BCUT2D eigenvalue weighted by Crippen LogP contribution is -2.15. The van der Waals surface area contributed by atoms with E-state index in [-0.39, 0.29) is 12.0 Å². The van der Waals surface area contributed by atoms with Gasteiger partial charge in [-0.25, -0.2) is 8.78 Å². The monoisotopic (exact) mass is 294 g/mol. The Bertz CT molecular complexity index is 566. The summed E-state index contributed by atoms with van der Waals surface area (Å²) >= 11 is 1.49. The molecule has 2 aromatic carbocycles. The van der Waals surface area contributed by atoms with Crippen molar-refractivity contribution in [1.82, 2.24) is 0 Å². The van der Waals surface area contributed by atoms with E-state index in [9.17, 15) is 13.9 Å². The van der Waals surface area contributed by atoms with Crippen molar-refractivity contribution in [2.45, 2.75) is 24.3 Å². The molecule has 0 amide bonds. The van der Waals surface area contributed by atoms with Crippen molar-refractivity contribution in [3.05, 3.63) is 65.2 Å². The van der Waals surface area contributed by atoms with E-state index >= 15 is 0 Å². The molecule has 1 N–H and O–H groups in total. The molecule has 0 aliphatic carbocycles. The van der Waals surface area contributed by atoms with Gasteiger partial charge in [0.05, 0.1) is 6.10 Å². The van der Waals surface area contributed by atoms with E-state index in [1.807, 2.05) is 31.2 Å². The third-order valence-electron chi connectivity index (χ3n) is 3.03.